The Morgan fingerprint density at radius 1 is 1.62 bits per heavy atom. The summed E-state index contributed by atoms with van der Waals surface area (Å²) in [5.74, 6) is 0. The lowest BCUT2D eigenvalue weighted by molar-refractivity contribution is 0.528. The second-order valence-corrected chi connectivity index (χ2v) is 4.06. The fraction of sp³-hybridized carbons (Fsp3) is 0.500. The Kier molecular flexibility index (Phi) is 1.98. The average molecular weight is 216 g/mol. The molecule has 1 aromatic heterocycles. The number of hydrogen-bond donors (Lipinski definition) is 0. The molecule has 1 saturated carbocycles. The predicted molar refractivity (Wildman–Crippen MR) is 49.5 cm³/mol. The minimum absolute atomic E-state index is 0.215. The van der Waals surface area contributed by atoms with Crippen LogP contribution < -0.4 is 0 Å². The van der Waals surface area contributed by atoms with Crippen LogP contribution in [0.4, 0.5) is 0 Å². The summed E-state index contributed by atoms with van der Waals surface area (Å²) in [6.45, 7) is 0.599. The summed E-state index contributed by atoms with van der Waals surface area (Å²) in [5.41, 5.74) is -0.215. The van der Waals surface area contributed by atoms with Crippen LogP contribution in [0.3, 0.4) is 0 Å². The SMILES string of the molecule is N#CC1(Cn2cnc(Cl)c2Cl)CC1. The predicted octanol–water partition coefficient (Wildman–Crippen LogP) is 2.49. The first-order chi connectivity index (χ1) is 6.17. The molecular formula is C8H7Cl2N3. The Labute approximate surface area is 85.9 Å². The molecule has 0 radical (unpaired) electrons. The maximum Gasteiger partial charge on any atom is 0.166 e. The summed E-state index contributed by atoms with van der Waals surface area (Å²) < 4.78 is 1.72. The van der Waals surface area contributed by atoms with E-state index in [4.69, 9.17) is 28.5 Å². The van der Waals surface area contributed by atoms with Crippen LogP contribution in [0.15, 0.2) is 6.33 Å². The summed E-state index contributed by atoms with van der Waals surface area (Å²) in [6.07, 6.45) is 3.45. The largest absolute Gasteiger partial charge is 0.319 e. The number of halogens is 2. The minimum atomic E-state index is -0.215. The summed E-state index contributed by atoms with van der Waals surface area (Å²) in [6, 6.07) is 2.29. The van der Waals surface area contributed by atoms with E-state index in [2.05, 4.69) is 11.1 Å². The van der Waals surface area contributed by atoms with Gasteiger partial charge < -0.3 is 4.57 Å². The number of nitriles is 1. The summed E-state index contributed by atoms with van der Waals surface area (Å²) in [7, 11) is 0. The number of hydrogen-bond acceptors (Lipinski definition) is 2. The fourth-order valence-electron chi connectivity index (χ4n) is 1.24. The zero-order valence-electron chi connectivity index (χ0n) is 6.80. The van der Waals surface area contributed by atoms with Gasteiger partial charge in [0.05, 0.1) is 17.8 Å². The fourth-order valence-corrected chi connectivity index (χ4v) is 1.54. The van der Waals surface area contributed by atoms with Crippen LogP contribution >= 0.6 is 23.2 Å². The minimum Gasteiger partial charge on any atom is -0.319 e. The van der Waals surface area contributed by atoms with Crippen molar-refractivity contribution in [2.24, 2.45) is 5.41 Å². The molecule has 5 heteroatoms. The van der Waals surface area contributed by atoms with E-state index >= 15 is 0 Å². The molecule has 3 nitrogen and oxygen atoms in total. The third-order valence-electron chi connectivity index (χ3n) is 2.30. The van der Waals surface area contributed by atoms with Gasteiger partial charge in [-0.2, -0.15) is 5.26 Å². The molecule has 0 spiro atoms. The van der Waals surface area contributed by atoms with Gasteiger partial charge in [0.1, 0.15) is 5.15 Å². The van der Waals surface area contributed by atoms with Gasteiger partial charge in [-0.15, -0.1) is 0 Å². The highest BCUT2D eigenvalue weighted by atomic mass is 35.5. The van der Waals surface area contributed by atoms with Gasteiger partial charge in [0, 0.05) is 6.54 Å². The quantitative estimate of drug-likeness (QED) is 0.761. The second kappa shape index (κ2) is 2.90. The monoisotopic (exact) mass is 215 g/mol. The van der Waals surface area contributed by atoms with E-state index in [9.17, 15) is 0 Å². The molecule has 0 bridgehead atoms. The zero-order valence-corrected chi connectivity index (χ0v) is 8.31. The molecular weight excluding hydrogens is 209 g/mol. The standard InChI is InChI=1S/C8H7Cl2N3/c9-6-7(10)13(5-12-6)4-8(3-11)1-2-8/h5H,1-2,4H2. The van der Waals surface area contributed by atoms with Crippen LogP contribution in [0.2, 0.25) is 10.3 Å². The Balaban J connectivity index is 2.20. The van der Waals surface area contributed by atoms with Crippen LogP contribution in [0.5, 0.6) is 0 Å². The molecule has 2 rings (SSSR count). The molecule has 1 aliphatic rings. The molecule has 1 aliphatic carbocycles. The third kappa shape index (κ3) is 1.52. The van der Waals surface area contributed by atoms with Crippen LogP contribution in [0, 0.1) is 16.7 Å². The van der Waals surface area contributed by atoms with Crippen molar-refractivity contribution >= 4 is 23.2 Å². The van der Waals surface area contributed by atoms with Crippen LogP contribution in [0.25, 0.3) is 0 Å². The van der Waals surface area contributed by atoms with Gasteiger partial charge in [0.15, 0.2) is 5.15 Å². The van der Waals surface area contributed by atoms with E-state index in [0.29, 0.717) is 16.9 Å². The van der Waals surface area contributed by atoms with Crippen molar-refractivity contribution in [2.75, 3.05) is 0 Å². The average Bonchev–Trinajstić information content (AvgIpc) is 2.85. The lowest BCUT2D eigenvalue weighted by atomic mass is 10.1. The maximum atomic E-state index is 8.86. The number of nitrogens with zero attached hydrogens (tertiary/aromatic N) is 3. The zero-order chi connectivity index (χ0) is 9.47. The molecule has 0 aliphatic heterocycles. The molecule has 1 fully saturated rings. The number of rotatable bonds is 2. The van der Waals surface area contributed by atoms with Gasteiger partial charge in [-0.05, 0) is 12.8 Å². The topological polar surface area (TPSA) is 41.6 Å². The third-order valence-corrected chi connectivity index (χ3v) is 3.07. The van der Waals surface area contributed by atoms with Crippen molar-refractivity contribution in [3.05, 3.63) is 16.6 Å². The number of aromatic nitrogens is 2. The lowest BCUT2D eigenvalue weighted by Gasteiger charge is -2.06. The van der Waals surface area contributed by atoms with E-state index < -0.39 is 0 Å². The highest BCUT2D eigenvalue weighted by molar-refractivity contribution is 6.40. The Morgan fingerprint density at radius 2 is 2.31 bits per heavy atom. The van der Waals surface area contributed by atoms with Gasteiger partial charge in [0.25, 0.3) is 0 Å². The van der Waals surface area contributed by atoms with Crippen LogP contribution in [-0.4, -0.2) is 9.55 Å². The van der Waals surface area contributed by atoms with Crippen LogP contribution in [0.1, 0.15) is 12.8 Å². The maximum absolute atomic E-state index is 8.86. The van der Waals surface area contributed by atoms with Crippen molar-refractivity contribution in [3.63, 3.8) is 0 Å². The summed E-state index contributed by atoms with van der Waals surface area (Å²) >= 11 is 11.5. The van der Waals surface area contributed by atoms with Crippen LogP contribution in [-0.2, 0) is 6.54 Å². The second-order valence-electron chi connectivity index (χ2n) is 3.35. The van der Waals surface area contributed by atoms with Crippen molar-refractivity contribution in [1.82, 2.24) is 9.55 Å². The van der Waals surface area contributed by atoms with Gasteiger partial charge >= 0.3 is 0 Å². The molecule has 1 aromatic rings. The summed E-state index contributed by atoms with van der Waals surface area (Å²) in [4.78, 5) is 3.85. The molecule has 13 heavy (non-hydrogen) atoms. The first kappa shape index (κ1) is 8.86. The van der Waals surface area contributed by atoms with Crippen molar-refractivity contribution in [2.45, 2.75) is 19.4 Å². The van der Waals surface area contributed by atoms with Gasteiger partial charge in [-0.3, -0.25) is 0 Å². The molecule has 0 N–H and O–H groups in total. The van der Waals surface area contributed by atoms with Gasteiger partial charge in [-0.25, -0.2) is 4.98 Å². The van der Waals surface area contributed by atoms with E-state index in [1.165, 1.54) is 0 Å². The molecule has 68 valence electrons. The Bertz CT molecular complexity index is 373. The molecule has 0 atom stereocenters. The van der Waals surface area contributed by atoms with Crippen molar-refractivity contribution in [3.8, 4) is 6.07 Å². The normalized spacial score (nSPS) is 18.2. The number of imidazole rings is 1. The van der Waals surface area contributed by atoms with E-state index in [1.807, 2.05) is 0 Å². The van der Waals surface area contributed by atoms with E-state index in [0.717, 1.165) is 12.8 Å². The Morgan fingerprint density at radius 3 is 2.69 bits per heavy atom. The van der Waals surface area contributed by atoms with Gasteiger partial charge in [0.2, 0.25) is 0 Å². The van der Waals surface area contributed by atoms with Crippen molar-refractivity contribution in [1.29, 1.82) is 5.26 Å². The molecule has 1 heterocycles. The Hall–Kier alpha value is -0.720. The highest BCUT2D eigenvalue weighted by Crippen LogP contribution is 2.46. The highest BCUT2D eigenvalue weighted by Gasteiger charge is 2.43. The lowest BCUT2D eigenvalue weighted by Crippen LogP contribution is -2.08. The smallest absolute Gasteiger partial charge is 0.166 e. The molecule has 0 unspecified atom stereocenters. The molecule has 0 aromatic carbocycles. The first-order valence-corrected chi connectivity index (χ1v) is 4.70. The van der Waals surface area contributed by atoms with E-state index in [1.54, 1.807) is 10.9 Å². The first-order valence-electron chi connectivity index (χ1n) is 3.94. The molecule has 0 saturated heterocycles. The molecule has 0 amide bonds. The summed E-state index contributed by atoms with van der Waals surface area (Å²) in [5, 5.41) is 9.58. The van der Waals surface area contributed by atoms with Gasteiger partial charge in [-0.1, -0.05) is 23.2 Å². The van der Waals surface area contributed by atoms with Crippen molar-refractivity contribution < 1.29 is 0 Å². The van der Waals surface area contributed by atoms with E-state index in [-0.39, 0.29) is 5.41 Å².